The van der Waals surface area contributed by atoms with Gasteiger partial charge in [0.15, 0.2) is 0 Å². The molecular formula is C49H74N8O12. The zero-order chi connectivity index (χ0) is 51.8. The number of alkyl carbamates (subject to hydrolysis) is 1. The molecule has 0 bridgehead atoms. The van der Waals surface area contributed by atoms with Crippen molar-refractivity contribution in [3.05, 3.63) is 71.8 Å². The maximum absolute atomic E-state index is 14.0. The van der Waals surface area contributed by atoms with Crippen LogP contribution in [0.3, 0.4) is 0 Å². The summed E-state index contributed by atoms with van der Waals surface area (Å²) in [5.74, 6) is -6.79. The first-order valence-electron chi connectivity index (χ1n) is 23.2. The molecule has 382 valence electrons. The lowest BCUT2D eigenvalue weighted by Gasteiger charge is -2.27. The second kappa shape index (κ2) is 29.3. The van der Waals surface area contributed by atoms with E-state index < -0.39 is 108 Å². The van der Waals surface area contributed by atoms with E-state index in [-0.39, 0.29) is 57.3 Å². The highest BCUT2D eigenvalue weighted by atomic mass is 16.6. The first-order valence-corrected chi connectivity index (χ1v) is 23.2. The van der Waals surface area contributed by atoms with Crippen LogP contribution < -0.4 is 43.0 Å². The number of ether oxygens (including phenoxy) is 3. The molecule has 0 aliphatic heterocycles. The van der Waals surface area contributed by atoms with Crippen molar-refractivity contribution < 1.29 is 57.4 Å². The minimum Gasteiger partial charge on any atom is -0.459 e. The Labute approximate surface area is 405 Å². The minimum atomic E-state index is -1.42. The van der Waals surface area contributed by atoms with Gasteiger partial charge in [-0.1, -0.05) is 102 Å². The van der Waals surface area contributed by atoms with Crippen LogP contribution >= 0.6 is 0 Å². The molecule has 2 aromatic rings. The van der Waals surface area contributed by atoms with Crippen molar-refractivity contribution in [1.82, 2.24) is 37.2 Å². The molecule has 69 heavy (non-hydrogen) atoms. The fourth-order valence-corrected chi connectivity index (χ4v) is 6.55. The fraction of sp³-hybridized carbons (Fsp3) is 0.571. The molecule has 0 spiro atoms. The Kier molecular flexibility index (Phi) is 24.9. The van der Waals surface area contributed by atoms with Crippen LogP contribution in [0.4, 0.5) is 4.79 Å². The molecule has 0 saturated heterocycles. The zero-order valence-electron chi connectivity index (χ0n) is 41.6. The highest BCUT2D eigenvalue weighted by Crippen LogP contribution is 2.12. The van der Waals surface area contributed by atoms with Crippen molar-refractivity contribution in [3.63, 3.8) is 0 Å². The molecule has 0 unspecified atom stereocenters. The number of primary amides is 1. The Hall–Kier alpha value is -6.57. The molecule has 6 atom stereocenters. The van der Waals surface area contributed by atoms with E-state index in [9.17, 15) is 43.2 Å². The number of amides is 8. The summed E-state index contributed by atoms with van der Waals surface area (Å²) in [6.45, 7) is 16.2. The van der Waals surface area contributed by atoms with Gasteiger partial charge in [-0.15, -0.1) is 0 Å². The van der Waals surface area contributed by atoms with Gasteiger partial charge >= 0.3 is 12.1 Å². The molecule has 20 heteroatoms. The van der Waals surface area contributed by atoms with Gasteiger partial charge in [0.05, 0.1) is 19.8 Å². The Morgan fingerprint density at radius 3 is 1.59 bits per heavy atom. The van der Waals surface area contributed by atoms with E-state index in [0.29, 0.717) is 0 Å². The zero-order valence-corrected chi connectivity index (χ0v) is 41.6. The molecule has 0 fully saturated rings. The third-order valence-corrected chi connectivity index (χ3v) is 10.0. The number of nitrogens with two attached hydrogens (primary N) is 1. The summed E-state index contributed by atoms with van der Waals surface area (Å²) in [6.07, 6.45) is -1.19. The van der Waals surface area contributed by atoms with Crippen molar-refractivity contribution in [3.8, 4) is 0 Å². The monoisotopic (exact) mass is 967 g/mol. The van der Waals surface area contributed by atoms with Gasteiger partial charge in [0, 0.05) is 6.42 Å². The number of carbonyl (C=O) groups excluding carboxylic acids is 9. The summed E-state index contributed by atoms with van der Waals surface area (Å²) in [5.41, 5.74) is 6.11. The number of hydrogen-bond donors (Lipinski definition) is 8. The van der Waals surface area contributed by atoms with Crippen LogP contribution in [0.15, 0.2) is 60.7 Å². The van der Waals surface area contributed by atoms with Crippen molar-refractivity contribution >= 4 is 53.4 Å². The largest absolute Gasteiger partial charge is 0.459 e. The smallest absolute Gasteiger partial charge is 0.408 e. The SMILES string of the molecule is CC(C)C[C@H](NC(=O)[C@H](CCC(N)=O)NC(=O)CNC(=O)[C@H](CC(C)C)NC(=O)[C@@H](NC(=O)OC(C)(C)C)C(C)C)C(=O)N[C@@H](COCc1ccccc1)C(=O)N[C@@H](C)C(=O)OCc1ccccc1. The van der Waals surface area contributed by atoms with Gasteiger partial charge < -0.3 is 57.2 Å². The molecule has 0 saturated carbocycles. The molecule has 0 radical (unpaired) electrons. The van der Waals surface area contributed by atoms with Gasteiger partial charge in [0.2, 0.25) is 41.4 Å². The van der Waals surface area contributed by atoms with Crippen LogP contribution in [0.5, 0.6) is 0 Å². The fourth-order valence-electron chi connectivity index (χ4n) is 6.55. The van der Waals surface area contributed by atoms with Crippen LogP contribution in [-0.2, 0) is 65.8 Å². The van der Waals surface area contributed by atoms with Crippen molar-refractivity contribution in [2.45, 2.75) is 150 Å². The highest BCUT2D eigenvalue weighted by molar-refractivity contribution is 5.96. The van der Waals surface area contributed by atoms with Gasteiger partial charge in [-0.25, -0.2) is 9.59 Å². The predicted molar refractivity (Wildman–Crippen MR) is 256 cm³/mol. The van der Waals surface area contributed by atoms with Crippen LogP contribution in [0, 0.1) is 17.8 Å². The molecular weight excluding hydrogens is 893 g/mol. The molecule has 0 aromatic heterocycles. The van der Waals surface area contributed by atoms with E-state index >= 15 is 0 Å². The molecule has 2 rings (SSSR count). The Bertz CT molecular complexity index is 2010. The first kappa shape index (κ1) is 58.6. The van der Waals surface area contributed by atoms with Crippen LogP contribution in [0.1, 0.15) is 106 Å². The number of esters is 1. The Morgan fingerprint density at radius 2 is 1.07 bits per heavy atom. The maximum Gasteiger partial charge on any atom is 0.408 e. The minimum absolute atomic E-state index is 0.0261. The molecule has 20 nitrogen and oxygen atoms in total. The lowest BCUT2D eigenvalue weighted by molar-refractivity contribution is -0.149. The third kappa shape index (κ3) is 23.8. The molecule has 0 aliphatic rings. The summed E-state index contributed by atoms with van der Waals surface area (Å²) in [5, 5.41) is 18.0. The summed E-state index contributed by atoms with van der Waals surface area (Å²) < 4.78 is 16.5. The second-order valence-corrected chi connectivity index (χ2v) is 19.0. The van der Waals surface area contributed by atoms with Gasteiger partial charge in [-0.2, -0.15) is 0 Å². The second-order valence-electron chi connectivity index (χ2n) is 19.0. The predicted octanol–water partition coefficient (Wildman–Crippen LogP) is 2.41. The summed E-state index contributed by atoms with van der Waals surface area (Å²) in [7, 11) is 0. The van der Waals surface area contributed by atoms with Crippen molar-refractivity contribution in [2.24, 2.45) is 23.5 Å². The molecule has 9 N–H and O–H groups in total. The third-order valence-electron chi connectivity index (χ3n) is 10.0. The first-order chi connectivity index (χ1) is 32.3. The van der Waals surface area contributed by atoms with Crippen molar-refractivity contribution in [1.29, 1.82) is 0 Å². The lowest BCUT2D eigenvalue weighted by atomic mass is 10.00. The van der Waals surface area contributed by atoms with Crippen molar-refractivity contribution in [2.75, 3.05) is 13.2 Å². The number of benzene rings is 2. The topological polar surface area (TPSA) is 292 Å². The Morgan fingerprint density at radius 1 is 0.580 bits per heavy atom. The van der Waals surface area contributed by atoms with Gasteiger partial charge in [0.25, 0.3) is 0 Å². The van der Waals surface area contributed by atoms with E-state index in [4.69, 9.17) is 19.9 Å². The molecule has 8 amide bonds. The van der Waals surface area contributed by atoms with Crippen LogP contribution in [0.2, 0.25) is 0 Å². The standard InChI is InChI=1S/C49H74N8O12/c1-29(2)23-36(55-46(64)41(31(5)6)57-48(66)69-49(8,9)10)42(60)51-25-40(59)53-35(21-22-39(50)58)43(61)54-37(24-30(3)4)44(62)56-38(28-67-26-33-17-13-11-14-18-33)45(63)52-32(7)47(65)68-27-34-19-15-12-16-20-34/h11-20,29-32,35-38,41H,21-28H2,1-10H3,(H2,50,58)(H,51,60)(H,52,63)(H,53,59)(H,54,61)(H,55,64)(H,56,62)(H,57,66)/t32-,35-,36-,37-,38-,41-/m0/s1. The van der Waals surface area contributed by atoms with E-state index in [2.05, 4.69) is 37.2 Å². The van der Waals surface area contributed by atoms with Crippen LogP contribution in [0.25, 0.3) is 0 Å². The van der Waals surface area contributed by atoms with Gasteiger partial charge in [-0.05, 0) is 75.8 Å². The number of nitrogens with one attached hydrogen (secondary N) is 7. The average molecular weight is 967 g/mol. The highest BCUT2D eigenvalue weighted by Gasteiger charge is 2.34. The summed E-state index contributed by atoms with van der Waals surface area (Å²) in [6, 6.07) is 10.7. The number of carbonyl (C=O) groups is 9. The molecule has 2 aromatic carbocycles. The lowest BCUT2D eigenvalue weighted by Crippen LogP contribution is -2.59. The van der Waals surface area contributed by atoms with E-state index in [1.54, 1.807) is 72.7 Å². The van der Waals surface area contributed by atoms with Crippen LogP contribution in [-0.4, -0.2) is 108 Å². The summed E-state index contributed by atoms with van der Waals surface area (Å²) >= 11 is 0. The molecule has 0 heterocycles. The number of rotatable bonds is 28. The van der Waals surface area contributed by atoms with Gasteiger partial charge in [0.1, 0.15) is 48.5 Å². The summed E-state index contributed by atoms with van der Waals surface area (Å²) in [4.78, 5) is 119. The van der Waals surface area contributed by atoms with E-state index in [1.165, 1.54) is 6.92 Å². The average Bonchev–Trinajstić information content (AvgIpc) is 3.26. The van der Waals surface area contributed by atoms with E-state index in [1.807, 2.05) is 50.2 Å². The maximum atomic E-state index is 14.0. The Balaban J connectivity index is 2.23. The normalized spacial score (nSPS) is 13.9. The molecule has 0 aliphatic carbocycles. The van der Waals surface area contributed by atoms with E-state index in [0.717, 1.165) is 11.1 Å². The van der Waals surface area contributed by atoms with Gasteiger partial charge in [-0.3, -0.25) is 33.6 Å². The number of hydrogen-bond acceptors (Lipinski definition) is 12. The quantitative estimate of drug-likeness (QED) is 0.0571.